The summed E-state index contributed by atoms with van der Waals surface area (Å²) in [4.78, 5) is 73.9. The molecular formula is C32H46N2O16S. The summed E-state index contributed by atoms with van der Waals surface area (Å²) in [6, 6.07) is 2.17. The quantitative estimate of drug-likeness (QED) is 0.122. The number of esters is 5. The molecule has 1 aliphatic rings. The molecule has 1 aromatic carbocycles. The topological polar surface area (TPSA) is 230 Å². The zero-order valence-electron chi connectivity index (χ0n) is 30.4. The Hall–Kier alpha value is -4.20. The standard InChI is InChI=1S/C32H46N2O16S/c1-17(49-31(6,7)8)25(30(39)50-32(9,10)11)33(51(42,43)24-15-13-12-14-22(24)34(40)41)29-28(47-21(5)38)27(46-20(4)37)26(45-19(3)36)23(48-29)16-44-18(2)35/h12-15,17,23,25-29H,16H2,1-11H3/t17-,23-,25+,26-,27+,28-,29-/m1/s1. The molecule has 18 nitrogen and oxygen atoms in total. The summed E-state index contributed by atoms with van der Waals surface area (Å²) in [7, 11) is -5.35. The molecular weight excluding hydrogens is 700 g/mol. The third-order valence-electron chi connectivity index (χ3n) is 6.74. The molecule has 2 rings (SSSR count). The van der Waals surface area contributed by atoms with Gasteiger partial charge in [0.2, 0.25) is 0 Å². The van der Waals surface area contributed by atoms with E-state index in [9.17, 15) is 42.5 Å². The SMILES string of the molecule is CC(=O)OC[C@H]1O[C@@H](N([C@H](C(=O)OC(C)(C)C)[C@@H](C)OC(C)(C)C)S(=O)(=O)c2ccccc2[N+](=O)[O-])[C@H](OC(C)=O)[C@@H](OC(C)=O)[C@@H]1OC(C)=O. The maximum atomic E-state index is 15.0. The van der Waals surface area contributed by atoms with Crippen molar-refractivity contribution in [2.75, 3.05) is 6.61 Å². The van der Waals surface area contributed by atoms with Gasteiger partial charge in [-0.15, -0.1) is 4.31 Å². The van der Waals surface area contributed by atoms with Crippen LogP contribution in [0, 0.1) is 10.1 Å². The van der Waals surface area contributed by atoms with Gasteiger partial charge in [0.05, 0.1) is 16.6 Å². The van der Waals surface area contributed by atoms with Gasteiger partial charge in [-0.1, -0.05) is 12.1 Å². The Balaban J connectivity index is 3.18. The molecule has 286 valence electrons. The lowest BCUT2D eigenvalue weighted by atomic mass is 9.96. The molecule has 0 spiro atoms. The predicted octanol–water partition coefficient (Wildman–Crippen LogP) is 2.58. The number of sulfonamides is 1. The minimum atomic E-state index is -5.35. The van der Waals surface area contributed by atoms with Crippen molar-refractivity contribution in [2.45, 2.75) is 135 Å². The van der Waals surface area contributed by atoms with Crippen LogP contribution in [-0.4, -0.2) is 108 Å². The summed E-state index contributed by atoms with van der Waals surface area (Å²) in [5, 5.41) is 12.2. The minimum absolute atomic E-state index is 0.384. The van der Waals surface area contributed by atoms with Gasteiger partial charge in [-0.25, -0.2) is 8.42 Å². The Morgan fingerprint density at radius 3 is 1.82 bits per heavy atom. The number of benzene rings is 1. The molecule has 0 radical (unpaired) electrons. The van der Waals surface area contributed by atoms with Crippen LogP contribution in [0.15, 0.2) is 29.2 Å². The number of hydrogen-bond acceptors (Lipinski definition) is 16. The number of carbonyl (C=O) groups is 5. The van der Waals surface area contributed by atoms with E-state index in [0.717, 1.165) is 39.8 Å². The summed E-state index contributed by atoms with van der Waals surface area (Å²) < 4.78 is 69.8. The van der Waals surface area contributed by atoms with Crippen molar-refractivity contribution in [1.82, 2.24) is 4.31 Å². The Bertz CT molecular complexity index is 1580. The maximum absolute atomic E-state index is 15.0. The van der Waals surface area contributed by atoms with Crippen molar-refractivity contribution in [3.05, 3.63) is 34.4 Å². The number of nitro groups is 1. The zero-order valence-corrected chi connectivity index (χ0v) is 31.2. The summed E-state index contributed by atoms with van der Waals surface area (Å²) >= 11 is 0. The van der Waals surface area contributed by atoms with Gasteiger partial charge in [0, 0.05) is 33.8 Å². The molecule has 0 bridgehead atoms. The predicted molar refractivity (Wildman–Crippen MR) is 174 cm³/mol. The number of para-hydroxylation sites is 1. The van der Waals surface area contributed by atoms with Gasteiger partial charge in [0.1, 0.15) is 18.3 Å². The fourth-order valence-electron chi connectivity index (χ4n) is 5.28. The first kappa shape index (κ1) is 43.0. The monoisotopic (exact) mass is 746 g/mol. The van der Waals surface area contributed by atoms with E-state index in [-0.39, 0.29) is 0 Å². The van der Waals surface area contributed by atoms with Gasteiger partial charge in [0.15, 0.2) is 35.5 Å². The molecule has 0 aliphatic carbocycles. The lowest BCUT2D eigenvalue weighted by Crippen LogP contribution is -2.70. The molecule has 0 amide bonds. The Morgan fingerprint density at radius 1 is 0.843 bits per heavy atom. The first-order valence-electron chi connectivity index (χ1n) is 15.7. The van der Waals surface area contributed by atoms with E-state index in [1.807, 2.05) is 0 Å². The third kappa shape index (κ3) is 11.9. The van der Waals surface area contributed by atoms with E-state index >= 15 is 0 Å². The van der Waals surface area contributed by atoms with E-state index in [2.05, 4.69) is 0 Å². The number of nitro benzene ring substituents is 1. The van der Waals surface area contributed by atoms with Crippen LogP contribution in [0.5, 0.6) is 0 Å². The van der Waals surface area contributed by atoms with Crippen molar-refractivity contribution in [1.29, 1.82) is 0 Å². The van der Waals surface area contributed by atoms with Crippen molar-refractivity contribution in [3.63, 3.8) is 0 Å². The van der Waals surface area contributed by atoms with Gasteiger partial charge >= 0.3 is 29.8 Å². The highest BCUT2D eigenvalue weighted by molar-refractivity contribution is 7.89. The van der Waals surface area contributed by atoms with Crippen LogP contribution in [0.3, 0.4) is 0 Å². The molecule has 0 saturated carbocycles. The van der Waals surface area contributed by atoms with Crippen molar-refractivity contribution >= 4 is 45.6 Å². The normalized spacial score (nSPS) is 22.2. The molecule has 1 aromatic rings. The molecule has 7 atom stereocenters. The highest BCUT2D eigenvalue weighted by Crippen LogP contribution is 2.38. The second-order valence-electron chi connectivity index (χ2n) is 13.6. The van der Waals surface area contributed by atoms with E-state index in [0.29, 0.717) is 4.31 Å². The average Bonchev–Trinajstić information content (AvgIpc) is 2.94. The van der Waals surface area contributed by atoms with Crippen molar-refractivity contribution in [2.24, 2.45) is 0 Å². The van der Waals surface area contributed by atoms with Crippen LogP contribution in [-0.2, 0) is 67.2 Å². The average molecular weight is 747 g/mol. The van der Waals surface area contributed by atoms with Crippen LogP contribution >= 0.6 is 0 Å². The molecule has 1 heterocycles. The lowest BCUT2D eigenvalue weighted by Gasteiger charge is -2.49. The van der Waals surface area contributed by atoms with Crippen molar-refractivity contribution in [3.8, 4) is 0 Å². The number of carbonyl (C=O) groups excluding carboxylic acids is 5. The van der Waals surface area contributed by atoms with Gasteiger partial charge in [-0.05, 0) is 54.5 Å². The van der Waals surface area contributed by atoms with E-state index in [1.165, 1.54) is 39.8 Å². The van der Waals surface area contributed by atoms with E-state index in [4.69, 9.17) is 33.2 Å². The second-order valence-corrected chi connectivity index (χ2v) is 15.4. The summed E-state index contributed by atoms with van der Waals surface area (Å²) in [6.45, 7) is 13.9. The van der Waals surface area contributed by atoms with Crippen LogP contribution in [0.4, 0.5) is 5.69 Å². The summed E-state index contributed by atoms with van der Waals surface area (Å²) in [5.74, 6) is -5.08. The Morgan fingerprint density at radius 2 is 1.35 bits per heavy atom. The minimum Gasteiger partial charge on any atom is -0.463 e. The summed E-state index contributed by atoms with van der Waals surface area (Å²) in [6.07, 6.45) is -10.9. The van der Waals surface area contributed by atoms with Crippen LogP contribution in [0.2, 0.25) is 0 Å². The molecule has 0 aromatic heterocycles. The first-order chi connectivity index (χ1) is 23.3. The fourth-order valence-corrected chi connectivity index (χ4v) is 7.17. The largest absolute Gasteiger partial charge is 0.463 e. The van der Waals surface area contributed by atoms with Gasteiger partial charge in [-0.3, -0.25) is 34.1 Å². The number of hydrogen-bond donors (Lipinski definition) is 0. The molecule has 1 aliphatic heterocycles. The highest BCUT2D eigenvalue weighted by atomic mass is 32.2. The fraction of sp³-hybridized carbons (Fsp3) is 0.656. The lowest BCUT2D eigenvalue weighted by molar-refractivity contribution is -0.387. The molecule has 51 heavy (non-hydrogen) atoms. The number of rotatable bonds is 13. The van der Waals surface area contributed by atoms with Gasteiger partial charge in [0.25, 0.3) is 15.7 Å². The third-order valence-corrected chi connectivity index (χ3v) is 8.63. The van der Waals surface area contributed by atoms with Crippen LogP contribution in [0.25, 0.3) is 0 Å². The molecule has 19 heteroatoms. The van der Waals surface area contributed by atoms with Gasteiger partial charge < -0.3 is 33.2 Å². The van der Waals surface area contributed by atoms with E-state index < -0.39 is 116 Å². The second kappa shape index (κ2) is 16.9. The zero-order chi connectivity index (χ0) is 39.2. The first-order valence-corrected chi connectivity index (χ1v) is 17.2. The van der Waals surface area contributed by atoms with Crippen LogP contribution < -0.4 is 0 Å². The van der Waals surface area contributed by atoms with Gasteiger partial charge in [-0.2, -0.15) is 0 Å². The summed E-state index contributed by atoms with van der Waals surface area (Å²) in [5.41, 5.74) is -3.16. The van der Waals surface area contributed by atoms with E-state index in [1.54, 1.807) is 20.8 Å². The Kier molecular flexibility index (Phi) is 14.2. The smallest absolute Gasteiger partial charge is 0.327 e. The maximum Gasteiger partial charge on any atom is 0.327 e. The number of ether oxygens (including phenoxy) is 7. The Labute approximate surface area is 296 Å². The highest BCUT2D eigenvalue weighted by Gasteiger charge is 2.59. The molecule has 1 fully saturated rings. The van der Waals surface area contributed by atoms with Crippen LogP contribution in [0.1, 0.15) is 76.2 Å². The number of nitrogens with zero attached hydrogens (tertiary/aromatic N) is 2. The van der Waals surface area contributed by atoms with Crippen molar-refractivity contribution < 1.29 is 70.5 Å². The molecule has 0 unspecified atom stereocenters. The molecule has 1 saturated heterocycles. The molecule has 0 N–H and O–H groups in total.